The van der Waals surface area contributed by atoms with Crippen molar-refractivity contribution in [1.29, 1.82) is 5.41 Å². The number of allylic oxidation sites excluding steroid dienone is 2. The summed E-state index contributed by atoms with van der Waals surface area (Å²) in [4.78, 5) is 15.6. The second kappa shape index (κ2) is 9.27. The Balaban J connectivity index is 1.84. The van der Waals surface area contributed by atoms with E-state index in [1.54, 1.807) is 41.3 Å². The smallest absolute Gasteiger partial charge is 0.162 e. The highest BCUT2D eigenvalue weighted by Crippen LogP contribution is 2.51. The minimum absolute atomic E-state index is 0.0195. The number of rotatable bonds is 3. The van der Waals surface area contributed by atoms with Crippen molar-refractivity contribution in [2.75, 3.05) is 4.90 Å². The number of hydrogen-bond acceptors (Lipinski definition) is 3. The molecular weight excluding hydrogens is 491 g/mol. The molecule has 36 heavy (non-hydrogen) atoms. The second-order valence-electron chi connectivity index (χ2n) is 10.1. The van der Waals surface area contributed by atoms with E-state index in [-0.39, 0.29) is 22.8 Å². The number of halogens is 2. The number of aliphatic hydroxyl groups excluding tert-OH is 1. The van der Waals surface area contributed by atoms with Crippen LogP contribution in [0.3, 0.4) is 0 Å². The van der Waals surface area contributed by atoms with Crippen molar-refractivity contribution in [3.8, 4) is 0 Å². The Bertz CT molecular complexity index is 1410. The molecule has 1 aliphatic carbocycles. The van der Waals surface area contributed by atoms with Crippen molar-refractivity contribution in [3.63, 3.8) is 0 Å². The van der Waals surface area contributed by atoms with Gasteiger partial charge in [-0.2, -0.15) is 0 Å². The minimum Gasteiger partial charge on any atom is -0.507 e. The lowest BCUT2D eigenvalue weighted by atomic mass is 9.67. The van der Waals surface area contributed by atoms with E-state index in [2.05, 4.69) is 13.8 Å². The first-order valence-corrected chi connectivity index (χ1v) is 12.6. The fourth-order valence-corrected chi connectivity index (χ4v) is 5.48. The lowest BCUT2D eigenvalue weighted by Gasteiger charge is -2.45. The highest BCUT2D eigenvalue weighted by atomic mass is 35.5. The predicted octanol–water partition coefficient (Wildman–Crippen LogP) is 8.19. The van der Waals surface area contributed by atoms with E-state index >= 15 is 0 Å². The fourth-order valence-electron chi connectivity index (χ4n) is 5.23. The van der Waals surface area contributed by atoms with Gasteiger partial charge in [-0.05, 0) is 53.8 Å². The molecule has 1 unspecified atom stereocenters. The van der Waals surface area contributed by atoms with E-state index < -0.39 is 5.92 Å². The molecule has 0 saturated carbocycles. The van der Waals surface area contributed by atoms with Crippen LogP contribution in [-0.4, -0.2) is 16.7 Å². The normalized spacial score (nSPS) is 20.9. The zero-order valence-electron chi connectivity index (χ0n) is 20.1. The summed E-state index contributed by atoms with van der Waals surface area (Å²) < 4.78 is 0. The SMILES string of the molecule is CC1(C)CC(=O)C2=C(C1)N(c1ccc(Cl)cc1)C(=N)/C(=C(/O)c1ccccc1)C2c1ccc(Cl)cc1. The maximum absolute atomic E-state index is 13.8. The molecule has 0 aromatic heterocycles. The molecule has 2 N–H and O–H groups in total. The predicted molar refractivity (Wildman–Crippen MR) is 147 cm³/mol. The van der Waals surface area contributed by atoms with Crippen LogP contribution in [0.4, 0.5) is 5.69 Å². The number of nitrogens with zero attached hydrogens (tertiary/aromatic N) is 1. The van der Waals surface area contributed by atoms with Crippen LogP contribution in [-0.2, 0) is 4.79 Å². The molecule has 1 aliphatic heterocycles. The van der Waals surface area contributed by atoms with E-state index in [4.69, 9.17) is 23.2 Å². The largest absolute Gasteiger partial charge is 0.507 e. The molecule has 3 aromatic rings. The number of ketones is 1. The highest BCUT2D eigenvalue weighted by Gasteiger charge is 2.46. The van der Waals surface area contributed by atoms with Gasteiger partial charge in [-0.1, -0.05) is 79.5 Å². The highest BCUT2D eigenvalue weighted by molar-refractivity contribution is 6.31. The Kier molecular flexibility index (Phi) is 6.27. The van der Waals surface area contributed by atoms with Gasteiger partial charge in [0.1, 0.15) is 11.6 Å². The molecule has 1 atom stereocenters. The summed E-state index contributed by atoms with van der Waals surface area (Å²) in [5.41, 5.74) is 3.61. The van der Waals surface area contributed by atoms with Gasteiger partial charge in [0.25, 0.3) is 0 Å². The molecular formula is C30H26Cl2N2O2. The first kappa shape index (κ1) is 24.4. The molecule has 4 nitrogen and oxygen atoms in total. The second-order valence-corrected chi connectivity index (χ2v) is 10.9. The number of aliphatic hydroxyl groups is 1. The van der Waals surface area contributed by atoms with Crippen LogP contribution in [0, 0.1) is 10.8 Å². The molecule has 0 bridgehead atoms. The zero-order chi connectivity index (χ0) is 25.6. The van der Waals surface area contributed by atoms with Gasteiger partial charge in [0.05, 0.1) is 0 Å². The quantitative estimate of drug-likeness (QED) is 0.344. The number of amidine groups is 1. The topological polar surface area (TPSA) is 64.4 Å². The first-order chi connectivity index (χ1) is 17.2. The number of carbonyl (C=O) groups excluding carboxylic acids is 1. The third-order valence-electron chi connectivity index (χ3n) is 6.81. The molecule has 1 heterocycles. The standard InChI is InChI=1S/C30H26Cl2N2O2/c1-30(2)16-23-26(24(35)17-30)25(18-8-10-20(31)11-9-18)27(28(36)19-6-4-3-5-7-19)29(33)34(23)22-14-12-21(32)13-15-22/h3-15,25,33,36H,16-17H2,1-2H3/b28-27+,33-29?. The fraction of sp³-hybridized carbons (Fsp3) is 0.200. The van der Waals surface area contributed by atoms with Gasteiger partial charge < -0.3 is 5.11 Å². The van der Waals surface area contributed by atoms with Gasteiger partial charge in [0.15, 0.2) is 5.78 Å². The summed E-state index contributed by atoms with van der Waals surface area (Å²) in [6, 6.07) is 23.7. The van der Waals surface area contributed by atoms with Gasteiger partial charge in [-0.3, -0.25) is 15.1 Å². The molecule has 182 valence electrons. The van der Waals surface area contributed by atoms with Crippen LogP contribution in [0.2, 0.25) is 10.0 Å². The summed E-state index contributed by atoms with van der Waals surface area (Å²) in [5.74, 6) is -0.477. The van der Waals surface area contributed by atoms with Gasteiger partial charge in [-0.25, -0.2) is 0 Å². The van der Waals surface area contributed by atoms with Crippen molar-refractivity contribution >= 4 is 46.3 Å². The Morgan fingerprint density at radius 1 is 0.917 bits per heavy atom. The average Bonchev–Trinajstić information content (AvgIpc) is 2.84. The molecule has 0 amide bonds. The Labute approximate surface area is 221 Å². The average molecular weight is 517 g/mol. The monoisotopic (exact) mass is 516 g/mol. The van der Waals surface area contributed by atoms with Gasteiger partial charge >= 0.3 is 0 Å². The third kappa shape index (κ3) is 4.36. The Morgan fingerprint density at radius 2 is 1.50 bits per heavy atom. The van der Waals surface area contributed by atoms with Gasteiger partial charge in [0, 0.05) is 50.5 Å². The molecule has 6 heteroatoms. The van der Waals surface area contributed by atoms with Crippen LogP contribution < -0.4 is 4.90 Å². The van der Waals surface area contributed by atoms with E-state index in [1.807, 2.05) is 42.5 Å². The molecule has 0 radical (unpaired) electrons. The molecule has 0 fully saturated rings. The van der Waals surface area contributed by atoms with Crippen molar-refractivity contribution < 1.29 is 9.90 Å². The maximum atomic E-state index is 13.8. The van der Waals surface area contributed by atoms with E-state index in [0.29, 0.717) is 39.6 Å². The Morgan fingerprint density at radius 3 is 2.11 bits per heavy atom. The number of Topliss-reactive ketones (excluding diaryl/α,β-unsaturated/α-hetero) is 1. The summed E-state index contributed by atoms with van der Waals surface area (Å²) >= 11 is 12.4. The summed E-state index contributed by atoms with van der Waals surface area (Å²) in [5, 5.41) is 22.2. The number of benzene rings is 3. The van der Waals surface area contributed by atoms with E-state index in [1.165, 1.54) is 0 Å². The summed E-state index contributed by atoms with van der Waals surface area (Å²) in [6.45, 7) is 4.14. The molecule has 0 spiro atoms. The van der Waals surface area contributed by atoms with Crippen molar-refractivity contribution in [3.05, 3.63) is 117 Å². The minimum atomic E-state index is -0.600. The number of hydrogen-bond donors (Lipinski definition) is 2. The van der Waals surface area contributed by atoms with E-state index in [0.717, 1.165) is 16.9 Å². The van der Waals surface area contributed by atoms with Crippen LogP contribution in [0.1, 0.15) is 43.7 Å². The van der Waals surface area contributed by atoms with E-state index in [9.17, 15) is 15.3 Å². The van der Waals surface area contributed by atoms with Crippen LogP contribution in [0.5, 0.6) is 0 Å². The summed E-state index contributed by atoms with van der Waals surface area (Å²) in [7, 11) is 0. The van der Waals surface area contributed by atoms with Gasteiger partial charge in [-0.15, -0.1) is 0 Å². The molecule has 2 aliphatic rings. The zero-order valence-corrected chi connectivity index (χ0v) is 21.6. The van der Waals surface area contributed by atoms with Crippen molar-refractivity contribution in [2.45, 2.75) is 32.6 Å². The van der Waals surface area contributed by atoms with Crippen LogP contribution in [0.15, 0.2) is 95.7 Å². The molecule has 0 saturated heterocycles. The van der Waals surface area contributed by atoms with Crippen LogP contribution in [0.25, 0.3) is 5.76 Å². The molecule has 3 aromatic carbocycles. The maximum Gasteiger partial charge on any atom is 0.162 e. The number of carbonyl (C=O) groups is 1. The van der Waals surface area contributed by atoms with Gasteiger partial charge in [0.2, 0.25) is 0 Å². The lowest BCUT2D eigenvalue weighted by Crippen LogP contribution is -2.45. The number of nitrogens with one attached hydrogen (secondary N) is 1. The van der Waals surface area contributed by atoms with Crippen molar-refractivity contribution in [2.24, 2.45) is 5.41 Å². The van der Waals surface area contributed by atoms with Crippen molar-refractivity contribution in [1.82, 2.24) is 0 Å². The summed E-state index contributed by atoms with van der Waals surface area (Å²) in [6.07, 6.45) is 1.000. The lowest BCUT2D eigenvalue weighted by molar-refractivity contribution is -0.118. The number of anilines is 1. The molecule has 5 rings (SSSR count). The Hall–Kier alpha value is -3.34. The van der Waals surface area contributed by atoms with Crippen LogP contribution >= 0.6 is 23.2 Å². The third-order valence-corrected chi connectivity index (χ3v) is 7.32. The first-order valence-electron chi connectivity index (χ1n) is 11.8.